The first-order chi connectivity index (χ1) is 11.7. The van der Waals surface area contributed by atoms with Gasteiger partial charge in [0, 0.05) is 0 Å². The second-order valence-corrected chi connectivity index (χ2v) is 5.80. The lowest BCUT2D eigenvalue weighted by Gasteiger charge is -2.03. The number of ether oxygens (including phenoxy) is 1. The van der Waals surface area contributed by atoms with Gasteiger partial charge in [-0.2, -0.15) is 0 Å². The Bertz CT molecular complexity index is 445. The molecule has 0 fully saturated rings. The Morgan fingerprint density at radius 3 is 1.67 bits per heavy atom. The standard InChI is InChI=1S/C21H31ClO2/c1-3-4-5-6-7-8-9-10-11-12-13-14-15-16-17-18-19-20(22)21(23)24-2/h4-5,7-8,10-11,13-14,16-17,20H,3,6,9,12,15,18-19H2,1-2H3. The third kappa shape index (κ3) is 15.4. The molecule has 0 N–H and O–H groups in total. The summed E-state index contributed by atoms with van der Waals surface area (Å²) < 4.78 is 4.57. The van der Waals surface area contributed by atoms with E-state index in [0.717, 1.165) is 38.5 Å². The molecule has 0 aromatic carbocycles. The molecule has 0 bridgehead atoms. The molecule has 0 saturated heterocycles. The lowest BCUT2D eigenvalue weighted by molar-refractivity contribution is -0.140. The number of allylic oxidation sites excluding steroid dienone is 10. The van der Waals surface area contributed by atoms with Crippen LogP contribution in [0.25, 0.3) is 0 Å². The maximum Gasteiger partial charge on any atom is 0.323 e. The minimum atomic E-state index is -0.544. The molecule has 3 heteroatoms. The molecule has 0 aliphatic heterocycles. The summed E-state index contributed by atoms with van der Waals surface area (Å²) in [5.41, 5.74) is 0. The quantitative estimate of drug-likeness (QED) is 0.221. The van der Waals surface area contributed by atoms with Gasteiger partial charge >= 0.3 is 5.97 Å². The van der Waals surface area contributed by atoms with Crippen LogP contribution in [0.1, 0.15) is 51.9 Å². The number of hydrogen-bond acceptors (Lipinski definition) is 2. The van der Waals surface area contributed by atoms with Crippen LogP contribution >= 0.6 is 11.6 Å². The predicted molar refractivity (Wildman–Crippen MR) is 105 cm³/mol. The number of methoxy groups -OCH3 is 1. The third-order valence-corrected chi connectivity index (χ3v) is 3.60. The Morgan fingerprint density at radius 2 is 1.25 bits per heavy atom. The van der Waals surface area contributed by atoms with Gasteiger partial charge in [-0.05, 0) is 44.9 Å². The number of rotatable bonds is 13. The highest BCUT2D eigenvalue weighted by Gasteiger charge is 2.13. The molecule has 0 amide bonds. The SMILES string of the molecule is CCC=CCC=CCC=CCC=CCC=CCCC(Cl)C(=O)OC. The summed E-state index contributed by atoms with van der Waals surface area (Å²) in [7, 11) is 1.36. The minimum Gasteiger partial charge on any atom is -0.468 e. The van der Waals surface area contributed by atoms with Gasteiger partial charge in [-0.1, -0.05) is 67.7 Å². The van der Waals surface area contributed by atoms with Crippen LogP contribution in [0.5, 0.6) is 0 Å². The predicted octanol–water partition coefficient (Wildman–Crippen LogP) is 6.30. The highest BCUT2D eigenvalue weighted by molar-refractivity contribution is 6.29. The monoisotopic (exact) mass is 350 g/mol. The van der Waals surface area contributed by atoms with Crippen molar-refractivity contribution >= 4 is 17.6 Å². The molecule has 0 aliphatic carbocycles. The van der Waals surface area contributed by atoms with Gasteiger partial charge in [0.2, 0.25) is 0 Å². The average molecular weight is 351 g/mol. The lowest BCUT2D eigenvalue weighted by Crippen LogP contribution is -2.15. The van der Waals surface area contributed by atoms with Crippen LogP contribution in [0, 0.1) is 0 Å². The van der Waals surface area contributed by atoms with Gasteiger partial charge in [-0.25, -0.2) is 0 Å². The molecular formula is C21H31ClO2. The molecule has 0 aliphatic rings. The highest BCUT2D eigenvalue weighted by Crippen LogP contribution is 2.08. The summed E-state index contributed by atoms with van der Waals surface area (Å²) in [6, 6.07) is 0. The number of esters is 1. The Hall–Kier alpha value is -1.54. The smallest absolute Gasteiger partial charge is 0.323 e. The second-order valence-electron chi connectivity index (χ2n) is 5.28. The van der Waals surface area contributed by atoms with E-state index in [1.54, 1.807) is 0 Å². The summed E-state index contributed by atoms with van der Waals surface area (Å²) in [6.45, 7) is 2.15. The van der Waals surface area contributed by atoms with Crippen molar-refractivity contribution in [1.82, 2.24) is 0 Å². The topological polar surface area (TPSA) is 26.3 Å². The minimum absolute atomic E-state index is 0.357. The van der Waals surface area contributed by atoms with E-state index in [2.05, 4.69) is 72.4 Å². The molecule has 24 heavy (non-hydrogen) atoms. The molecule has 0 rings (SSSR count). The normalized spacial score (nSPS) is 14.0. The summed E-state index contributed by atoms with van der Waals surface area (Å²) in [5.74, 6) is -0.357. The van der Waals surface area contributed by atoms with Crippen LogP contribution in [-0.4, -0.2) is 18.5 Å². The van der Waals surface area contributed by atoms with Crippen LogP contribution < -0.4 is 0 Å². The van der Waals surface area contributed by atoms with Crippen molar-refractivity contribution < 1.29 is 9.53 Å². The Balaban J connectivity index is 3.58. The van der Waals surface area contributed by atoms with Gasteiger partial charge < -0.3 is 4.74 Å². The van der Waals surface area contributed by atoms with Gasteiger partial charge in [0.15, 0.2) is 0 Å². The number of hydrogen-bond donors (Lipinski definition) is 0. The zero-order valence-electron chi connectivity index (χ0n) is 15.0. The second kappa shape index (κ2) is 17.8. The Labute approximate surface area is 152 Å². The lowest BCUT2D eigenvalue weighted by atomic mass is 10.2. The van der Waals surface area contributed by atoms with E-state index >= 15 is 0 Å². The molecule has 0 saturated carbocycles. The van der Waals surface area contributed by atoms with Gasteiger partial charge in [-0.3, -0.25) is 4.79 Å². The fourth-order valence-electron chi connectivity index (χ4n) is 1.86. The van der Waals surface area contributed by atoms with Gasteiger partial charge in [0.05, 0.1) is 7.11 Å². The number of carbonyl (C=O) groups excluding carboxylic acids is 1. The van der Waals surface area contributed by atoms with Crippen molar-refractivity contribution in [2.24, 2.45) is 0 Å². The fourth-order valence-corrected chi connectivity index (χ4v) is 2.07. The maximum atomic E-state index is 11.1. The van der Waals surface area contributed by atoms with E-state index in [1.807, 2.05) is 0 Å². The third-order valence-electron chi connectivity index (χ3n) is 3.20. The van der Waals surface area contributed by atoms with Crippen molar-refractivity contribution in [1.29, 1.82) is 0 Å². The van der Waals surface area contributed by atoms with Gasteiger partial charge in [-0.15, -0.1) is 11.6 Å². The first kappa shape index (κ1) is 22.5. The van der Waals surface area contributed by atoms with Crippen LogP contribution in [-0.2, 0) is 9.53 Å². The van der Waals surface area contributed by atoms with Gasteiger partial charge in [0.1, 0.15) is 5.38 Å². The molecule has 1 unspecified atom stereocenters. The van der Waals surface area contributed by atoms with Crippen LogP contribution in [0.2, 0.25) is 0 Å². The van der Waals surface area contributed by atoms with E-state index in [1.165, 1.54) is 7.11 Å². The highest BCUT2D eigenvalue weighted by atomic mass is 35.5. The summed E-state index contributed by atoms with van der Waals surface area (Å²) in [5, 5.41) is -0.544. The molecular weight excluding hydrogens is 320 g/mol. The molecule has 2 nitrogen and oxygen atoms in total. The Morgan fingerprint density at radius 1 is 0.833 bits per heavy atom. The molecule has 0 heterocycles. The van der Waals surface area contributed by atoms with E-state index < -0.39 is 5.38 Å². The first-order valence-corrected chi connectivity index (χ1v) is 9.12. The Kier molecular flexibility index (Phi) is 16.7. The number of carbonyl (C=O) groups is 1. The zero-order valence-corrected chi connectivity index (χ0v) is 15.8. The van der Waals surface area contributed by atoms with Crippen molar-refractivity contribution in [2.75, 3.05) is 7.11 Å². The maximum absolute atomic E-state index is 11.1. The van der Waals surface area contributed by atoms with Crippen molar-refractivity contribution in [3.8, 4) is 0 Å². The van der Waals surface area contributed by atoms with Crippen LogP contribution in [0.3, 0.4) is 0 Å². The molecule has 0 radical (unpaired) electrons. The number of halogens is 1. The van der Waals surface area contributed by atoms with Crippen LogP contribution in [0.15, 0.2) is 60.8 Å². The van der Waals surface area contributed by atoms with E-state index in [0.29, 0.717) is 6.42 Å². The summed E-state index contributed by atoms with van der Waals surface area (Å²) in [6.07, 6.45) is 28.0. The van der Waals surface area contributed by atoms with Crippen molar-refractivity contribution in [3.63, 3.8) is 0 Å². The molecule has 0 spiro atoms. The summed E-state index contributed by atoms with van der Waals surface area (Å²) in [4.78, 5) is 11.1. The summed E-state index contributed by atoms with van der Waals surface area (Å²) >= 11 is 5.86. The van der Waals surface area contributed by atoms with E-state index in [-0.39, 0.29) is 5.97 Å². The number of alkyl halides is 1. The molecule has 0 aromatic heterocycles. The van der Waals surface area contributed by atoms with Crippen molar-refractivity contribution in [2.45, 2.75) is 57.2 Å². The van der Waals surface area contributed by atoms with Crippen molar-refractivity contribution in [3.05, 3.63) is 60.8 Å². The average Bonchev–Trinajstić information content (AvgIpc) is 2.60. The molecule has 0 aromatic rings. The largest absolute Gasteiger partial charge is 0.468 e. The fraction of sp³-hybridized carbons (Fsp3) is 0.476. The zero-order chi connectivity index (χ0) is 17.9. The molecule has 1 atom stereocenters. The van der Waals surface area contributed by atoms with E-state index in [4.69, 9.17) is 11.6 Å². The van der Waals surface area contributed by atoms with E-state index in [9.17, 15) is 4.79 Å². The van der Waals surface area contributed by atoms with Crippen LogP contribution in [0.4, 0.5) is 0 Å². The first-order valence-electron chi connectivity index (χ1n) is 8.69. The molecule has 134 valence electrons. The van der Waals surface area contributed by atoms with Gasteiger partial charge in [0.25, 0.3) is 0 Å².